The van der Waals surface area contributed by atoms with Crippen molar-refractivity contribution in [1.82, 2.24) is 5.32 Å². The normalized spacial score (nSPS) is 28.4. The number of aryl methyl sites for hydroxylation is 1. The van der Waals surface area contributed by atoms with Gasteiger partial charge in [0.2, 0.25) is 0 Å². The van der Waals surface area contributed by atoms with E-state index in [1.165, 1.54) is 5.56 Å². The lowest BCUT2D eigenvalue weighted by molar-refractivity contribution is 0.409. The van der Waals surface area contributed by atoms with Crippen molar-refractivity contribution in [2.45, 2.75) is 44.6 Å². The molecule has 0 saturated carbocycles. The van der Waals surface area contributed by atoms with Crippen molar-refractivity contribution in [2.24, 2.45) is 0 Å². The van der Waals surface area contributed by atoms with E-state index < -0.39 is 0 Å². The van der Waals surface area contributed by atoms with Gasteiger partial charge < -0.3 is 5.32 Å². The predicted octanol–water partition coefficient (Wildman–Crippen LogP) is 2.91. The lowest BCUT2D eigenvalue weighted by Crippen LogP contribution is -2.34. The molecule has 0 radical (unpaired) electrons. The van der Waals surface area contributed by atoms with Crippen molar-refractivity contribution in [3.63, 3.8) is 0 Å². The maximum Gasteiger partial charge on any atom is 0.131 e. The average molecular weight is 219 g/mol. The van der Waals surface area contributed by atoms with Gasteiger partial charge in [0.15, 0.2) is 0 Å². The van der Waals surface area contributed by atoms with E-state index in [0.29, 0.717) is 0 Å². The van der Waals surface area contributed by atoms with Gasteiger partial charge >= 0.3 is 0 Å². The number of hydrogen-bond donors (Lipinski definition) is 1. The molecular formula is C14H18FN. The third-order valence-electron chi connectivity index (χ3n) is 4.18. The Balaban J connectivity index is 2.08. The van der Waals surface area contributed by atoms with Crippen LogP contribution in [0, 0.1) is 5.82 Å². The van der Waals surface area contributed by atoms with Crippen LogP contribution >= 0.6 is 0 Å². The highest BCUT2D eigenvalue weighted by atomic mass is 19.1. The summed E-state index contributed by atoms with van der Waals surface area (Å²) in [5, 5.41) is 3.44. The van der Waals surface area contributed by atoms with Crippen molar-refractivity contribution in [3.8, 4) is 0 Å². The molecule has 1 N–H and O–H groups in total. The van der Waals surface area contributed by atoms with Gasteiger partial charge in [0.1, 0.15) is 5.82 Å². The van der Waals surface area contributed by atoms with Crippen LogP contribution in [0.1, 0.15) is 42.9 Å². The van der Waals surface area contributed by atoms with Crippen LogP contribution in [0.15, 0.2) is 12.1 Å². The summed E-state index contributed by atoms with van der Waals surface area (Å²) in [6, 6.07) is 4.13. The van der Waals surface area contributed by atoms with Crippen LogP contribution in [-0.4, -0.2) is 6.54 Å². The monoisotopic (exact) mass is 219 g/mol. The smallest absolute Gasteiger partial charge is 0.131 e. The average Bonchev–Trinajstić information content (AvgIpc) is 2.87. The highest BCUT2D eigenvalue weighted by Crippen LogP contribution is 2.36. The van der Waals surface area contributed by atoms with Gasteiger partial charge in [-0.05, 0) is 56.7 Å². The Morgan fingerprint density at radius 2 is 2.12 bits per heavy atom. The van der Waals surface area contributed by atoms with Gasteiger partial charge in [0.25, 0.3) is 0 Å². The van der Waals surface area contributed by atoms with Crippen molar-refractivity contribution in [3.05, 3.63) is 34.6 Å². The molecule has 1 atom stereocenters. The number of rotatable bonds is 1. The molecule has 1 unspecified atom stereocenters. The standard InChI is InChI=1S/C14H18FN/c1-14(8-3-9-16-14)12-7-6-10-4-2-5-11(10)13(12)15/h6-7,16H,2-5,8-9H2,1H3. The highest BCUT2D eigenvalue weighted by molar-refractivity contribution is 5.40. The molecule has 0 bridgehead atoms. The molecule has 1 heterocycles. The first-order chi connectivity index (χ1) is 7.71. The second-order valence-corrected chi connectivity index (χ2v) is 5.28. The first-order valence-corrected chi connectivity index (χ1v) is 6.26. The van der Waals surface area contributed by atoms with Crippen molar-refractivity contribution in [2.75, 3.05) is 6.54 Å². The highest BCUT2D eigenvalue weighted by Gasteiger charge is 2.34. The lowest BCUT2D eigenvalue weighted by atomic mass is 9.88. The van der Waals surface area contributed by atoms with Crippen molar-refractivity contribution >= 4 is 0 Å². The fraction of sp³-hybridized carbons (Fsp3) is 0.571. The zero-order valence-electron chi connectivity index (χ0n) is 9.78. The number of nitrogens with one attached hydrogen (secondary N) is 1. The number of fused-ring (bicyclic) bond motifs is 1. The molecule has 86 valence electrons. The Morgan fingerprint density at radius 3 is 2.88 bits per heavy atom. The zero-order valence-corrected chi connectivity index (χ0v) is 9.78. The molecule has 1 aromatic rings. The Morgan fingerprint density at radius 1 is 1.25 bits per heavy atom. The molecule has 1 aromatic carbocycles. The van der Waals surface area contributed by atoms with E-state index in [-0.39, 0.29) is 11.4 Å². The van der Waals surface area contributed by atoms with Crippen LogP contribution in [0.25, 0.3) is 0 Å². The molecule has 0 spiro atoms. The second kappa shape index (κ2) is 3.56. The topological polar surface area (TPSA) is 12.0 Å². The van der Waals surface area contributed by atoms with Gasteiger partial charge in [0.05, 0.1) is 0 Å². The SMILES string of the molecule is CC1(c2ccc3c(c2F)CCC3)CCCN1. The number of benzene rings is 1. The Bertz CT molecular complexity index is 419. The minimum absolute atomic E-state index is 0.0619. The third kappa shape index (κ3) is 1.40. The van der Waals surface area contributed by atoms with E-state index in [2.05, 4.69) is 18.3 Å². The number of halogens is 1. The van der Waals surface area contributed by atoms with E-state index in [1.807, 2.05) is 6.07 Å². The Labute approximate surface area is 96.1 Å². The summed E-state index contributed by atoms with van der Waals surface area (Å²) in [6.45, 7) is 3.13. The molecule has 0 aromatic heterocycles. The van der Waals surface area contributed by atoms with Gasteiger partial charge in [-0.3, -0.25) is 0 Å². The van der Waals surface area contributed by atoms with Crippen LogP contribution in [0.5, 0.6) is 0 Å². The van der Waals surface area contributed by atoms with E-state index >= 15 is 0 Å². The van der Waals surface area contributed by atoms with Gasteiger partial charge in [-0.25, -0.2) is 4.39 Å². The third-order valence-corrected chi connectivity index (χ3v) is 4.18. The minimum atomic E-state index is -0.137. The van der Waals surface area contributed by atoms with Gasteiger partial charge in [-0.2, -0.15) is 0 Å². The van der Waals surface area contributed by atoms with Crippen LogP contribution in [-0.2, 0) is 18.4 Å². The molecule has 16 heavy (non-hydrogen) atoms. The molecule has 1 aliphatic heterocycles. The van der Waals surface area contributed by atoms with Crippen molar-refractivity contribution in [1.29, 1.82) is 0 Å². The molecule has 1 fully saturated rings. The van der Waals surface area contributed by atoms with Crippen molar-refractivity contribution < 1.29 is 4.39 Å². The summed E-state index contributed by atoms with van der Waals surface area (Å²) in [6.07, 6.45) is 5.28. The van der Waals surface area contributed by atoms with E-state index in [9.17, 15) is 4.39 Å². The van der Waals surface area contributed by atoms with E-state index in [1.54, 1.807) is 0 Å². The quantitative estimate of drug-likeness (QED) is 0.765. The first kappa shape index (κ1) is 10.3. The van der Waals surface area contributed by atoms with E-state index in [0.717, 1.165) is 49.8 Å². The largest absolute Gasteiger partial charge is 0.308 e. The first-order valence-electron chi connectivity index (χ1n) is 6.26. The zero-order chi connectivity index (χ0) is 11.2. The summed E-state index contributed by atoms with van der Waals surface area (Å²) >= 11 is 0. The molecule has 0 amide bonds. The Kier molecular flexibility index (Phi) is 2.28. The fourth-order valence-electron chi connectivity index (χ4n) is 3.17. The van der Waals surface area contributed by atoms with Gasteiger partial charge in [-0.15, -0.1) is 0 Å². The lowest BCUT2D eigenvalue weighted by Gasteiger charge is -2.26. The van der Waals surface area contributed by atoms with Crippen LogP contribution < -0.4 is 5.32 Å². The van der Waals surface area contributed by atoms with Gasteiger partial charge in [0, 0.05) is 11.1 Å². The van der Waals surface area contributed by atoms with E-state index in [4.69, 9.17) is 0 Å². The molecule has 1 saturated heterocycles. The van der Waals surface area contributed by atoms with Gasteiger partial charge in [-0.1, -0.05) is 12.1 Å². The van der Waals surface area contributed by atoms with Crippen LogP contribution in [0.3, 0.4) is 0 Å². The summed E-state index contributed by atoms with van der Waals surface area (Å²) in [5.74, 6) is 0.0619. The Hall–Kier alpha value is -0.890. The maximum atomic E-state index is 14.4. The maximum absolute atomic E-state index is 14.4. The second-order valence-electron chi connectivity index (χ2n) is 5.28. The fourth-order valence-corrected chi connectivity index (χ4v) is 3.17. The molecule has 1 aliphatic carbocycles. The molecule has 2 heteroatoms. The molecular weight excluding hydrogens is 201 g/mol. The summed E-state index contributed by atoms with van der Waals surface area (Å²) in [4.78, 5) is 0. The molecule has 3 rings (SSSR count). The molecule has 1 nitrogen and oxygen atoms in total. The predicted molar refractivity (Wildman–Crippen MR) is 63.0 cm³/mol. The number of hydrogen-bond acceptors (Lipinski definition) is 1. The molecule has 2 aliphatic rings. The summed E-state index contributed by atoms with van der Waals surface area (Å²) < 4.78 is 14.4. The summed E-state index contributed by atoms with van der Waals surface area (Å²) in [7, 11) is 0. The minimum Gasteiger partial charge on any atom is -0.308 e. The van der Waals surface area contributed by atoms with Crippen LogP contribution in [0.4, 0.5) is 4.39 Å². The summed E-state index contributed by atoms with van der Waals surface area (Å²) in [5.41, 5.74) is 2.95. The van der Waals surface area contributed by atoms with Crippen LogP contribution in [0.2, 0.25) is 0 Å².